The van der Waals surface area contributed by atoms with Gasteiger partial charge in [-0.05, 0) is 24.3 Å². The van der Waals surface area contributed by atoms with Crippen molar-refractivity contribution < 1.29 is 23.1 Å². The summed E-state index contributed by atoms with van der Waals surface area (Å²) in [6.07, 6.45) is -0.457. The van der Waals surface area contributed by atoms with Crippen molar-refractivity contribution in [2.75, 3.05) is 45.9 Å². The maximum atomic E-state index is 12.5. The van der Waals surface area contributed by atoms with Gasteiger partial charge in [0.1, 0.15) is 0 Å². The number of amides is 1. The second kappa shape index (κ2) is 7.79. The third-order valence-electron chi connectivity index (χ3n) is 4.55. The fraction of sp³-hybridized carbons (Fsp3) is 0.562. The molecule has 3 rings (SSSR count). The number of carbonyl (C=O) groups excluding carboxylic acids is 1. The summed E-state index contributed by atoms with van der Waals surface area (Å²) in [6, 6.07) is 5.91. The zero-order valence-corrected chi connectivity index (χ0v) is 14.7. The number of carbonyl (C=O) groups is 1. The van der Waals surface area contributed by atoms with Crippen molar-refractivity contribution in [1.82, 2.24) is 14.9 Å². The van der Waals surface area contributed by atoms with Gasteiger partial charge in [-0.2, -0.15) is 4.31 Å². The lowest BCUT2D eigenvalue weighted by Crippen LogP contribution is -2.40. The van der Waals surface area contributed by atoms with Crippen molar-refractivity contribution in [3.05, 3.63) is 29.8 Å². The Morgan fingerprint density at radius 3 is 2.52 bits per heavy atom. The highest BCUT2D eigenvalue weighted by Gasteiger charge is 2.27. The molecule has 0 aromatic heterocycles. The average Bonchev–Trinajstić information content (AvgIpc) is 3.05. The highest BCUT2D eigenvalue weighted by molar-refractivity contribution is 7.89. The Kier molecular flexibility index (Phi) is 5.70. The summed E-state index contributed by atoms with van der Waals surface area (Å²) in [7, 11) is -3.56. The molecule has 2 fully saturated rings. The fourth-order valence-electron chi connectivity index (χ4n) is 2.97. The number of β-amino-alcohol motifs (C(OH)–C–C–N with tert-alkyl or cyclic N) is 1. The van der Waals surface area contributed by atoms with Gasteiger partial charge < -0.3 is 20.5 Å². The van der Waals surface area contributed by atoms with Crippen molar-refractivity contribution in [1.29, 1.82) is 0 Å². The highest BCUT2D eigenvalue weighted by Crippen LogP contribution is 2.18. The van der Waals surface area contributed by atoms with E-state index in [4.69, 9.17) is 4.74 Å². The van der Waals surface area contributed by atoms with E-state index in [1.165, 1.54) is 28.6 Å². The minimum absolute atomic E-state index is 0.00933. The number of hydrogen-bond donors (Lipinski definition) is 3. The maximum absolute atomic E-state index is 12.5. The molecule has 25 heavy (non-hydrogen) atoms. The third kappa shape index (κ3) is 4.18. The summed E-state index contributed by atoms with van der Waals surface area (Å²) >= 11 is 0. The first-order valence-corrected chi connectivity index (χ1v) is 9.77. The molecular formula is C16H23N3O5S. The van der Waals surface area contributed by atoms with Crippen LogP contribution in [0, 0.1) is 5.92 Å². The topological polar surface area (TPSA) is 108 Å². The SMILES string of the molecule is O=C(NCC1CNCC1O)c1ccc(S(=O)(=O)N2CCOCC2)cc1. The number of ether oxygens (including phenoxy) is 1. The van der Waals surface area contributed by atoms with Crippen molar-refractivity contribution in [2.45, 2.75) is 11.0 Å². The van der Waals surface area contributed by atoms with Gasteiger partial charge in [-0.15, -0.1) is 0 Å². The maximum Gasteiger partial charge on any atom is 0.251 e. The van der Waals surface area contributed by atoms with Gasteiger partial charge in [0, 0.05) is 44.2 Å². The number of aliphatic hydroxyl groups is 1. The Labute approximate surface area is 147 Å². The number of nitrogens with one attached hydrogen (secondary N) is 2. The number of morpholine rings is 1. The van der Waals surface area contributed by atoms with Crippen LogP contribution in [0.3, 0.4) is 0 Å². The van der Waals surface area contributed by atoms with Crippen molar-refractivity contribution in [3.8, 4) is 0 Å². The molecule has 1 aromatic carbocycles. The van der Waals surface area contributed by atoms with E-state index in [0.29, 0.717) is 51.5 Å². The predicted molar refractivity (Wildman–Crippen MR) is 90.7 cm³/mol. The quantitative estimate of drug-likeness (QED) is 0.616. The summed E-state index contributed by atoms with van der Waals surface area (Å²) in [5, 5.41) is 15.6. The van der Waals surface area contributed by atoms with E-state index in [0.717, 1.165) is 0 Å². The number of rotatable bonds is 5. The van der Waals surface area contributed by atoms with Gasteiger partial charge in [0.25, 0.3) is 5.91 Å². The van der Waals surface area contributed by atoms with Crippen LogP contribution in [0.15, 0.2) is 29.2 Å². The molecular weight excluding hydrogens is 346 g/mol. The highest BCUT2D eigenvalue weighted by atomic mass is 32.2. The number of nitrogens with zero attached hydrogens (tertiary/aromatic N) is 1. The average molecular weight is 369 g/mol. The summed E-state index contributed by atoms with van der Waals surface area (Å²) in [5.41, 5.74) is 0.390. The van der Waals surface area contributed by atoms with E-state index in [-0.39, 0.29) is 16.7 Å². The molecule has 0 aliphatic carbocycles. The van der Waals surface area contributed by atoms with Gasteiger partial charge >= 0.3 is 0 Å². The molecule has 0 radical (unpaired) electrons. The molecule has 1 aromatic rings. The van der Waals surface area contributed by atoms with E-state index >= 15 is 0 Å². The molecule has 138 valence electrons. The first kappa shape index (κ1) is 18.3. The van der Waals surface area contributed by atoms with Gasteiger partial charge in [0.2, 0.25) is 10.0 Å². The third-order valence-corrected chi connectivity index (χ3v) is 6.47. The first-order chi connectivity index (χ1) is 12.0. The Hall–Kier alpha value is -1.52. The Morgan fingerprint density at radius 1 is 1.24 bits per heavy atom. The van der Waals surface area contributed by atoms with Gasteiger partial charge in [-0.25, -0.2) is 8.42 Å². The standard InChI is InChI=1S/C16H23N3O5S/c20-15-11-17-9-13(15)10-18-16(21)12-1-3-14(4-2-12)25(22,23)19-5-7-24-8-6-19/h1-4,13,15,17,20H,5-11H2,(H,18,21). The van der Waals surface area contributed by atoms with Crippen LogP contribution < -0.4 is 10.6 Å². The molecule has 9 heteroatoms. The van der Waals surface area contributed by atoms with E-state index in [1.807, 2.05) is 0 Å². The summed E-state index contributed by atoms with van der Waals surface area (Å²) < 4.78 is 31.6. The fourth-order valence-corrected chi connectivity index (χ4v) is 4.38. The summed E-state index contributed by atoms with van der Waals surface area (Å²) in [6.45, 7) is 3.03. The Balaban J connectivity index is 1.62. The normalized spacial score (nSPS) is 25.0. The minimum Gasteiger partial charge on any atom is -0.391 e. The molecule has 0 spiro atoms. The molecule has 2 saturated heterocycles. The summed E-state index contributed by atoms with van der Waals surface area (Å²) in [5.74, 6) is -0.292. The summed E-state index contributed by atoms with van der Waals surface area (Å²) in [4.78, 5) is 12.3. The van der Waals surface area contributed by atoms with Gasteiger partial charge in [-0.3, -0.25) is 4.79 Å². The minimum atomic E-state index is -3.56. The predicted octanol–water partition coefficient (Wildman–Crippen LogP) is -0.982. The van der Waals surface area contributed by atoms with Crippen LogP contribution in [-0.4, -0.2) is 75.8 Å². The molecule has 0 saturated carbocycles. The van der Waals surface area contributed by atoms with Crippen molar-refractivity contribution in [2.24, 2.45) is 5.92 Å². The molecule has 8 nitrogen and oxygen atoms in total. The Morgan fingerprint density at radius 2 is 1.92 bits per heavy atom. The second-order valence-electron chi connectivity index (χ2n) is 6.24. The zero-order valence-electron chi connectivity index (χ0n) is 13.8. The lowest BCUT2D eigenvalue weighted by molar-refractivity contribution is 0.0730. The molecule has 0 bridgehead atoms. The lowest BCUT2D eigenvalue weighted by atomic mass is 10.1. The van der Waals surface area contributed by atoms with E-state index in [9.17, 15) is 18.3 Å². The number of benzene rings is 1. The molecule has 2 unspecified atom stereocenters. The second-order valence-corrected chi connectivity index (χ2v) is 8.17. The molecule has 2 atom stereocenters. The Bertz CT molecular complexity index is 701. The van der Waals surface area contributed by atoms with Crippen LogP contribution in [0.25, 0.3) is 0 Å². The van der Waals surface area contributed by atoms with Crippen molar-refractivity contribution in [3.63, 3.8) is 0 Å². The van der Waals surface area contributed by atoms with E-state index in [2.05, 4.69) is 10.6 Å². The number of aliphatic hydroxyl groups excluding tert-OH is 1. The lowest BCUT2D eigenvalue weighted by Gasteiger charge is -2.26. The monoisotopic (exact) mass is 369 g/mol. The van der Waals surface area contributed by atoms with Crippen LogP contribution in [0.4, 0.5) is 0 Å². The zero-order chi connectivity index (χ0) is 17.9. The number of sulfonamides is 1. The van der Waals surface area contributed by atoms with E-state index in [1.54, 1.807) is 0 Å². The molecule has 1 amide bonds. The molecule has 2 aliphatic heterocycles. The van der Waals surface area contributed by atoms with Crippen molar-refractivity contribution >= 4 is 15.9 Å². The van der Waals surface area contributed by atoms with Crippen LogP contribution in [0.5, 0.6) is 0 Å². The van der Waals surface area contributed by atoms with Crippen LogP contribution in [0.1, 0.15) is 10.4 Å². The smallest absolute Gasteiger partial charge is 0.251 e. The molecule has 2 aliphatic rings. The van der Waals surface area contributed by atoms with Gasteiger partial charge in [-0.1, -0.05) is 0 Å². The number of hydrogen-bond acceptors (Lipinski definition) is 6. The molecule has 3 N–H and O–H groups in total. The van der Waals surface area contributed by atoms with E-state index < -0.39 is 16.1 Å². The van der Waals surface area contributed by atoms with Gasteiger partial charge in [0.15, 0.2) is 0 Å². The first-order valence-electron chi connectivity index (χ1n) is 8.33. The van der Waals surface area contributed by atoms with Crippen LogP contribution in [-0.2, 0) is 14.8 Å². The van der Waals surface area contributed by atoms with Crippen LogP contribution in [0.2, 0.25) is 0 Å². The molecule has 2 heterocycles. The van der Waals surface area contributed by atoms with Crippen LogP contribution >= 0.6 is 0 Å². The largest absolute Gasteiger partial charge is 0.391 e. The van der Waals surface area contributed by atoms with Gasteiger partial charge in [0.05, 0.1) is 24.2 Å².